The monoisotopic (exact) mass is 292 g/mol. The van der Waals surface area contributed by atoms with E-state index in [4.69, 9.17) is 9.47 Å². The molecule has 1 aliphatic rings. The van der Waals surface area contributed by atoms with Crippen molar-refractivity contribution in [3.8, 4) is 0 Å². The van der Waals surface area contributed by atoms with E-state index in [-0.39, 0.29) is 5.97 Å². The zero-order valence-corrected chi connectivity index (χ0v) is 13.0. The number of nitrogens with zero attached hydrogens (tertiary/aromatic N) is 1. The minimum absolute atomic E-state index is 0.257. The number of hydrogen-bond donors (Lipinski definition) is 1. The molecule has 1 aromatic carbocycles. The average molecular weight is 292 g/mol. The quantitative estimate of drug-likeness (QED) is 0.835. The molecule has 0 amide bonds. The smallest absolute Gasteiger partial charge is 0.325 e. The second kappa shape index (κ2) is 6.91. The highest BCUT2D eigenvalue weighted by Gasteiger charge is 2.27. The van der Waals surface area contributed by atoms with Crippen LogP contribution in [0.4, 0.5) is 5.69 Å². The van der Waals surface area contributed by atoms with Crippen LogP contribution in [0.25, 0.3) is 0 Å². The van der Waals surface area contributed by atoms with Gasteiger partial charge in [0, 0.05) is 25.3 Å². The Hall–Kier alpha value is -1.59. The van der Waals surface area contributed by atoms with Crippen molar-refractivity contribution in [2.45, 2.75) is 25.9 Å². The van der Waals surface area contributed by atoms with Gasteiger partial charge in [0.2, 0.25) is 0 Å². The summed E-state index contributed by atoms with van der Waals surface area (Å²) in [5.74, 6) is -0.257. The van der Waals surface area contributed by atoms with Crippen molar-refractivity contribution in [2.75, 3.05) is 38.3 Å². The number of esters is 1. The fraction of sp³-hybridized carbons (Fsp3) is 0.562. The molecule has 0 unspecified atom stereocenters. The summed E-state index contributed by atoms with van der Waals surface area (Å²) in [7, 11) is 1.41. The van der Waals surface area contributed by atoms with E-state index in [1.807, 2.05) is 13.8 Å². The van der Waals surface area contributed by atoms with Crippen LogP contribution in [0.3, 0.4) is 0 Å². The molecule has 21 heavy (non-hydrogen) atoms. The Balaban J connectivity index is 1.91. The second-order valence-electron chi connectivity index (χ2n) is 5.74. The third-order valence-electron chi connectivity index (χ3n) is 3.74. The number of benzene rings is 1. The Bertz CT molecular complexity index is 465. The van der Waals surface area contributed by atoms with Gasteiger partial charge in [-0.3, -0.25) is 10.1 Å². The normalized spacial score (nSPS) is 15.9. The summed E-state index contributed by atoms with van der Waals surface area (Å²) in [6, 6.07) is 8.41. The number of anilines is 1. The summed E-state index contributed by atoms with van der Waals surface area (Å²) < 4.78 is 10.1. The summed E-state index contributed by atoms with van der Waals surface area (Å²) >= 11 is 0. The molecule has 1 aromatic rings. The molecule has 2 rings (SSSR count). The predicted molar refractivity (Wildman–Crippen MR) is 82.4 cm³/mol. The third kappa shape index (κ3) is 4.19. The van der Waals surface area contributed by atoms with E-state index in [0.29, 0.717) is 6.54 Å². The van der Waals surface area contributed by atoms with Crippen LogP contribution in [-0.4, -0.2) is 44.9 Å². The minimum atomic E-state index is -0.683. The first-order valence-corrected chi connectivity index (χ1v) is 7.28. The van der Waals surface area contributed by atoms with Crippen molar-refractivity contribution in [2.24, 2.45) is 0 Å². The lowest BCUT2D eigenvalue weighted by atomic mass is 10.1. The first-order valence-electron chi connectivity index (χ1n) is 7.28. The van der Waals surface area contributed by atoms with Crippen molar-refractivity contribution in [3.63, 3.8) is 0 Å². The third-order valence-corrected chi connectivity index (χ3v) is 3.74. The molecule has 116 valence electrons. The lowest BCUT2D eigenvalue weighted by Gasteiger charge is -2.29. The van der Waals surface area contributed by atoms with Crippen molar-refractivity contribution in [1.82, 2.24) is 5.32 Å². The molecule has 0 aliphatic carbocycles. The van der Waals surface area contributed by atoms with Gasteiger partial charge in [-0.05, 0) is 31.5 Å². The maximum Gasteiger partial charge on any atom is 0.325 e. The van der Waals surface area contributed by atoms with Crippen LogP contribution in [0.2, 0.25) is 0 Å². The van der Waals surface area contributed by atoms with Gasteiger partial charge in [-0.1, -0.05) is 12.1 Å². The molecule has 1 N–H and O–H groups in total. The molecule has 0 saturated carbocycles. The Morgan fingerprint density at radius 1 is 1.29 bits per heavy atom. The summed E-state index contributed by atoms with van der Waals surface area (Å²) in [6.45, 7) is 7.72. The molecule has 0 radical (unpaired) electrons. The highest BCUT2D eigenvalue weighted by molar-refractivity contribution is 5.79. The van der Waals surface area contributed by atoms with Crippen molar-refractivity contribution < 1.29 is 14.3 Å². The summed E-state index contributed by atoms with van der Waals surface area (Å²) in [4.78, 5) is 13.9. The van der Waals surface area contributed by atoms with E-state index in [2.05, 4.69) is 34.5 Å². The Labute approximate surface area is 126 Å². The van der Waals surface area contributed by atoms with Crippen LogP contribution >= 0.6 is 0 Å². The molecule has 0 atom stereocenters. The molecule has 0 bridgehead atoms. The lowest BCUT2D eigenvalue weighted by molar-refractivity contribution is -0.147. The Morgan fingerprint density at radius 3 is 2.48 bits per heavy atom. The number of morpholine rings is 1. The number of nitrogens with one attached hydrogen (secondary N) is 1. The van der Waals surface area contributed by atoms with Crippen LogP contribution in [0.15, 0.2) is 24.3 Å². The highest BCUT2D eigenvalue weighted by atomic mass is 16.5. The van der Waals surface area contributed by atoms with E-state index in [1.165, 1.54) is 12.8 Å². The zero-order chi connectivity index (χ0) is 15.3. The molecule has 1 heterocycles. The van der Waals surface area contributed by atoms with Gasteiger partial charge in [-0.2, -0.15) is 0 Å². The van der Waals surface area contributed by atoms with Crippen LogP contribution in [-0.2, 0) is 20.8 Å². The Kier molecular flexibility index (Phi) is 5.20. The van der Waals surface area contributed by atoms with Gasteiger partial charge >= 0.3 is 5.97 Å². The van der Waals surface area contributed by atoms with Gasteiger partial charge in [-0.15, -0.1) is 0 Å². The molecule has 0 aromatic heterocycles. The fourth-order valence-corrected chi connectivity index (χ4v) is 2.30. The van der Waals surface area contributed by atoms with Gasteiger partial charge in [0.25, 0.3) is 0 Å². The van der Waals surface area contributed by atoms with Gasteiger partial charge in [0.1, 0.15) is 5.54 Å². The summed E-state index contributed by atoms with van der Waals surface area (Å²) in [5, 5.41) is 3.22. The van der Waals surface area contributed by atoms with Crippen LogP contribution in [0.1, 0.15) is 19.4 Å². The van der Waals surface area contributed by atoms with E-state index >= 15 is 0 Å². The largest absolute Gasteiger partial charge is 0.468 e. The standard InChI is InChI=1S/C16H24N2O3/c1-16(2,15(19)20-3)17-12-13-4-6-14(7-5-13)18-8-10-21-11-9-18/h4-7,17H,8-12H2,1-3H3. The predicted octanol–water partition coefficient (Wildman–Crippen LogP) is 1.56. The summed E-state index contributed by atoms with van der Waals surface area (Å²) in [6.07, 6.45) is 0. The number of rotatable bonds is 5. The van der Waals surface area contributed by atoms with Crippen molar-refractivity contribution >= 4 is 11.7 Å². The maximum atomic E-state index is 11.6. The number of carbonyl (C=O) groups excluding carboxylic acids is 1. The molecular weight excluding hydrogens is 268 g/mol. The van der Waals surface area contributed by atoms with Gasteiger partial charge in [0.15, 0.2) is 0 Å². The first-order chi connectivity index (χ1) is 10.0. The maximum absolute atomic E-state index is 11.6. The topological polar surface area (TPSA) is 50.8 Å². The number of methoxy groups -OCH3 is 1. The van der Waals surface area contributed by atoms with Crippen LogP contribution in [0.5, 0.6) is 0 Å². The zero-order valence-electron chi connectivity index (χ0n) is 13.0. The second-order valence-corrected chi connectivity index (χ2v) is 5.74. The number of ether oxygens (including phenoxy) is 2. The van der Waals surface area contributed by atoms with E-state index in [9.17, 15) is 4.79 Å². The molecular formula is C16H24N2O3. The van der Waals surface area contributed by atoms with Crippen molar-refractivity contribution in [1.29, 1.82) is 0 Å². The van der Waals surface area contributed by atoms with Gasteiger partial charge in [-0.25, -0.2) is 0 Å². The van der Waals surface area contributed by atoms with E-state index in [1.54, 1.807) is 0 Å². The van der Waals surface area contributed by atoms with Gasteiger partial charge < -0.3 is 14.4 Å². The highest BCUT2D eigenvalue weighted by Crippen LogP contribution is 2.17. The lowest BCUT2D eigenvalue weighted by Crippen LogP contribution is -2.46. The fourth-order valence-electron chi connectivity index (χ4n) is 2.30. The molecule has 5 nitrogen and oxygen atoms in total. The molecule has 1 aliphatic heterocycles. The molecule has 0 spiro atoms. The first kappa shape index (κ1) is 15.8. The summed E-state index contributed by atoms with van der Waals surface area (Å²) in [5.41, 5.74) is 1.68. The van der Waals surface area contributed by atoms with Crippen molar-refractivity contribution in [3.05, 3.63) is 29.8 Å². The molecule has 5 heteroatoms. The average Bonchev–Trinajstić information content (AvgIpc) is 2.53. The minimum Gasteiger partial charge on any atom is -0.468 e. The SMILES string of the molecule is COC(=O)C(C)(C)NCc1ccc(N2CCOCC2)cc1. The number of hydrogen-bond acceptors (Lipinski definition) is 5. The molecule has 1 saturated heterocycles. The van der Waals surface area contributed by atoms with Gasteiger partial charge in [0.05, 0.1) is 20.3 Å². The van der Waals surface area contributed by atoms with E-state index < -0.39 is 5.54 Å². The van der Waals surface area contributed by atoms with Crippen LogP contribution < -0.4 is 10.2 Å². The van der Waals surface area contributed by atoms with E-state index in [0.717, 1.165) is 31.9 Å². The number of carbonyl (C=O) groups is 1. The Morgan fingerprint density at radius 2 is 1.90 bits per heavy atom. The molecule has 1 fully saturated rings. The van der Waals surface area contributed by atoms with Crippen LogP contribution in [0, 0.1) is 0 Å².